The van der Waals surface area contributed by atoms with Gasteiger partial charge in [0.1, 0.15) is 0 Å². The van der Waals surface area contributed by atoms with Crippen molar-refractivity contribution in [1.82, 2.24) is 13.9 Å². The SMILES string of the molecule is C[C@@H]1CCCN(CCCNS(=O)(=O)c2ccc(S(=O)(=O)N(C)C)cc2)C1. The molecule has 9 heteroatoms. The maximum atomic E-state index is 12.3. The van der Waals surface area contributed by atoms with E-state index >= 15 is 0 Å². The van der Waals surface area contributed by atoms with E-state index in [1.165, 1.54) is 51.2 Å². The lowest BCUT2D eigenvalue weighted by atomic mass is 10.0. The molecule has 0 unspecified atom stereocenters. The van der Waals surface area contributed by atoms with Crippen LogP contribution in [0.3, 0.4) is 0 Å². The summed E-state index contributed by atoms with van der Waals surface area (Å²) in [6.07, 6.45) is 3.22. The zero-order valence-electron chi connectivity index (χ0n) is 15.7. The van der Waals surface area contributed by atoms with Crippen LogP contribution in [0.15, 0.2) is 34.1 Å². The first-order valence-electron chi connectivity index (χ1n) is 8.87. The molecule has 1 aromatic rings. The Balaban J connectivity index is 1.89. The molecule has 1 heterocycles. The summed E-state index contributed by atoms with van der Waals surface area (Å²) in [4.78, 5) is 2.52. The highest BCUT2D eigenvalue weighted by Gasteiger charge is 2.20. The Bertz CT molecular complexity index is 790. The molecule has 1 saturated heterocycles. The summed E-state index contributed by atoms with van der Waals surface area (Å²) in [6, 6.07) is 5.29. The topological polar surface area (TPSA) is 86.8 Å². The van der Waals surface area contributed by atoms with Crippen LogP contribution < -0.4 is 4.72 Å². The highest BCUT2D eigenvalue weighted by Crippen LogP contribution is 2.17. The molecule has 148 valence electrons. The van der Waals surface area contributed by atoms with Gasteiger partial charge in [-0.3, -0.25) is 0 Å². The lowest BCUT2D eigenvalue weighted by Crippen LogP contribution is -2.36. The second-order valence-electron chi connectivity index (χ2n) is 7.06. The molecular weight excluding hydrogens is 374 g/mol. The summed E-state index contributed by atoms with van der Waals surface area (Å²) >= 11 is 0. The normalized spacial score (nSPS) is 19.8. The Labute approximate surface area is 157 Å². The monoisotopic (exact) mass is 403 g/mol. The summed E-state index contributed by atoms with van der Waals surface area (Å²) in [5.74, 6) is 0.706. The van der Waals surface area contributed by atoms with Gasteiger partial charge >= 0.3 is 0 Å². The Kier molecular flexibility index (Phi) is 7.20. The number of sulfonamides is 2. The van der Waals surface area contributed by atoms with E-state index in [1.54, 1.807) is 0 Å². The molecule has 1 aromatic carbocycles. The van der Waals surface area contributed by atoms with Gasteiger partial charge in [0.15, 0.2) is 0 Å². The zero-order valence-corrected chi connectivity index (χ0v) is 17.3. The van der Waals surface area contributed by atoms with E-state index in [2.05, 4.69) is 16.5 Å². The van der Waals surface area contributed by atoms with Crippen LogP contribution in [0.5, 0.6) is 0 Å². The molecule has 0 amide bonds. The van der Waals surface area contributed by atoms with E-state index in [0.717, 1.165) is 30.4 Å². The number of likely N-dealkylation sites (tertiary alicyclic amines) is 1. The van der Waals surface area contributed by atoms with Crippen molar-refractivity contribution < 1.29 is 16.8 Å². The predicted octanol–water partition coefficient (Wildman–Crippen LogP) is 1.34. The minimum atomic E-state index is -3.63. The van der Waals surface area contributed by atoms with Gasteiger partial charge in [-0.2, -0.15) is 0 Å². The van der Waals surface area contributed by atoms with E-state index < -0.39 is 20.0 Å². The molecule has 0 bridgehead atoms. The Hall–Kier alpha value is -1.00. The smallest absolute Gasteiger partial charge is 0.242 e. The first-order chi connectivity index (χ1) is 12.1. The van der Waals surface area contributed by atoms with Gasteiger partial charge in [0.2, 0.25) is 20.0 Å². The highest BCUT2D eigenvalue weighted by molar-refractivity contribution is 7.89. The maximum Gasteiger partial charge on any atom is 0.242 e. The molecule has 1 fully saturated rings. The van der Waals surface area contributed by atoms with Crippen LogP contribution in [0.4, 0.5) is 0 Å². The van der Waals surface area contributed by atoms with Gasteiger partial charge in [-0.25, -0.2) is 25.9 Å². The molecule has 0 spiro atoms. The third-order valence-corrected chi connectivity index (χ3v) is 7.90. The number of nitrogens with zero attached hydrogens (tertiary/aromatic N) is 2. The van der Waals surface area contributed by atoms with Crippen LogP contribution in [0.1, 0.15) is 26.2 Å². The van der Waals surface area contributed by atoms with Gasteiger partial charge in [0.05, 0.1) is 9.79 Å². The van der Waals surface area contributed by atoms with Gasteiger partial charge in [0.25, 0.3) is 0 Å². The second kappa shape index (κ2) is 8.79. The van der Waals surface area contributed by atoms with Crippen molar-refractivity contribution in [2.24, 2.45) is 5.92 Å². The van der Waals surface area contributed by atoms with Crippen molar-refractivity contribution in [3.05, 3.63) is 24.3 Å². The summed E-state index contributed by atoms with van der Waals surface area (Å²) in [5.41, 5.74) is 0. The van der Waals surface area contributed by atoms with Crippen molar-refractivity contribution in [1.29, 1.82) is 0 Å². The molecule has 0 aromatic heterocycles. The van der Waals surface area contributed by atoms with Crippen molar-refractivity contribution in [3.8, 4) is 0 Å². The third kappa shape index (κ3) is 5.50. The standard InChI is InChI=1S/C17H29N3O4S2/c1-15-6-4-12-20(14-15)13-5-11-18-25(21,22)16-7-9-17(10-8-16)26(23,24)19(2)3/h7-10,15,18H,4-6,11-14H2,1-3H3/t15-/m1/s1. The maximum absolute atomic E-state index is 12.3. The van der Waals surface area contributed by atoms with E-state index in [-0.39, 0.29) is 9.79 Å². The summed E-state index contributed by atoms with van der Waals surface area (Å²) in [7, 11) is -4.33. The average Bonchev–Trinajstić information content (AvgIpc) is 2.59. The van der Waals surface area contributed by atoms with E-state index in [1.807, 2.05) is 0 Å². The van der Waals surface area contributed by atoms with Gasteiger partial charge in [-0.15, -0.1) is 0 Å². The minimum Gasteiger partial charge on any atom is -0.303 e. The highest BCUT2D eigenvalue weighted by atomic mass is 32.2. The predicted molar refractivity (Wildman–Crippen MR) is 102 cm³/mol. The van der Waals surface area contributed by atoms with Crippen LogP contribution >= 0.6 is 0 Å². The van der Waals surface area contributed by atoms with Crippen molar-refractivity contribution >= 4 is 20.0 Å². The number of piperidine rings is 1. The molecule has 1 aliphatic heterocycles. The van der Waals surface area contributed by atoms with Crippen molar-refractivity contribution in [3.63, 3.8) is 0 Å². The van der Waals surface area contributed by atoms with Crippen LogP contribution in [0, 0.1) is 5.92 Å². The molecule has 26 heavy (non-hydrogen) atoms. The van der Waals surface area contributed by atoms with Gasteiger partial charge < -0.3 is 4.90 Å². The molecule has 0 saturated carbocycles. The van der Waals surface area contributed by atoms with E-state index in [0.29, 0.717) is 12.5 Å². The Morgan fingerprint density at radius 1 is 1.12 bits per heavy atom. The molecule has 1 N–H and O–H groups in total. The number of hydrogen-bond donors (Lipinski definition) is 1. The molecule has 7 nitrogen and oxygen atoms in total. The average molecular weight is 404 g/mol. The number of rotatable bonds is 8. The molecule has 1 atom stereocenters. The van der Waals surface area contributed by atoms with Crippen LogP contribution in [-0.4, -0.2) is 66.3 Å². The van der Waals surface area contributed by atoms with Gasteiger partial charge in [0, 0.05) is 27.2 Å². The Morgan fingerprint density at radius 3 is 2.31 bits per heavy atom. The quantitative estimate of drug-likeness (QED) is 0.662. The molecule has 0 aliphatic carbocycles. The third-order valence-electron chi connectivity index (χ3n) is 4.60. The van der Waals surface area contributed by atoms with Crippen LogP contribution in [-0.2, 0) is 20.0 Å². The zero-order chi connectivity index (χ0) is 19.4. The fraction of sp³-hybridized carbons (Fsp3) is 0.647. The summed E-state index contributed by atoms with van der Waals surface area (Å²) in [5, 5.41) is 0. The van der Waals surface area contributed by atoms with Crippen molar-refractivity contribution in [2.45, 2.75) is 36.0 Å². The van der Waals surface area contributed by atoms with Gasteiger partial charge in [-0.1, -0.05) is 6.92 Å². The first-order valence-corrected chi connectivity index (χ1v) is 11.8. The molecule has 0 radical (unpaired) electrons. The van der Waals surface area contributed by atoms with Crippen LogP contribution in [0.2, 0.25) is 0 Å². The van der Waals surface area contributed by atoms with Crippen LogP contribution in [0.25, 0.3) is 0 Å². The van der Waals surface area contributed by atoms with Gasteiger partial charge in [-0.05, 0) is 62.5 Å². The second-order valence-corrected chi connectivity index (χ2v) is 11.0. The lowest BCUT2D eigenvalue weighted by molar-refractivity contribution is 0.182. The minimum absolute atomic E-state index is 0.0701. The number of nitrogens with one attached hydrogen (secondary N) is 1. The fourth-order valence-corrected chi connectivity index (χ4v) is 5.06. The molecule has 2 rings (SSSR count). The summed E-state index contributed by atoms with van der Waals surface area (Å²) in [6.45, 7) is 5.65. The number of benzene rings is 1. The fourth-order valence-electron chi connectivity index (χ4n) is 3.08. The summed E-state index contributed by atoms with van der Waals surface area (Å²) < 4.78 is 52.4. The van der Waals surface area contributed by atoms with Crippen molar-refractivity contribution in [2.75, 3.05) is 40.3 Å². The Morgan fingerprint density at radius 2 is 1.73 bits per heavy atom. The van der Waals surface area contributed by atoms with E-state index in [4.69, 9.17) is 0 Å². The number of hydrogen-bond acceptors (Lipinski definition) is 5. The first kappa shape index (κ1) is 21.3. The molecule has 1 aliphatic rings. The largest absolute Gasteiger partial charge is 0.303 e. The lowest BCUT2D eigenvalue weighted by Gasteiger charge is -2.30. The molecular formula is C17H29N3O4S2. The van der Waals surface area contributed by atoms with E-state index in [9.17, 15) is 16.8 Å².